The summed E-state index contributed by atoms with van der Waals surface area (Å²) >= 11 is 1.26. The van der Waals surface area contributed by atoms with Crippen molar-refractivity contribution in [3.63, 3.8) is 0 Å². The fourth-order valence-corrected chi connectivity index (χ4v) is 4.11. The molecule has 0 bridgehead atoms. The van der Waals surface area contributed by atoms with E-state index in [1.807, 2.05) is 54.6 Å². The van der Waals surface area contributed by atoms with Crippen LogP contribution < -0.4 is 15.8 Å². The van der Waals surface area contributed by atoms with Gasteiger partial charge in [-0.25, -0.2) is 4.98 Å². The normalized spacial score (nSPS) is 10.9. The van der Waals surface area contributed by atoms with Crippen molar-refractivity contribution in [3.05, 3.63) is 89.3 Å². The van der Waals surface area contributed by atoms with Gasteiger partial charge in [0.05, 0.1) is 5.69 Å². The third kappa shape index (κ3) is 4.21. The lowest BCUT2D eigenvalue weighted by Crippen LogP contribution is -2.13. The van der Waals surface area contributed by atoms with E-state index in [0.29, 0.717) is 33.3 Å². The van der Waals surface area contributed by atoms with Crippen LogP contribution in [0.25, 0.3) is 22.2 Å². The summed E-state index contributed by atoms with van der Waals surface area (Å²) < 4.78 is 11.8. The SMILES string of the molecule is NC(=O)c1cc(-c2csc(NC(=O)c3oc4ccccc4c3COc3ccccc3)n2)c[nH]1. The zero-order valence-corrected chi connectivity index (χ0v) is 18.0. The predicted molar refractivity (Wildman–Crippen MR) is 125 cm³/mol. The number of anilines is 1. The van der Waals surface area contributed by atoms with Gasteiger partial charge < -0.3 is 19.9 Å². The number of para-hydroxylation sites is 2. The number of aromatic nitrogens is 2. The molecule has 9 heteroatoms. The number of fused-ring (bicyclic) bond motifs is 1. The molecule has 0 saturated carbocycles. The number of carbonyl (C=O) groups excluding carboxylic acids is 2. The summed E-state index contributed by atoms with van der Waals surface area (Å²) in [5, 5.41) is 5.78. The van der Waals surface area contributed by atoms with E-state index in [9.17, 15) is 9.59 Å². The molecule has 3 aromatic heterocycles. The summed E-state index contributed by atoms with van der Waals surface area (Å²) in [7, 11) is 0. The molecule has 33 heavy (non-hydrogen) atoms. The molecule has 0 aliphatic carbocycles. The Morgan fingerprint density at radius 1 is 1.12 bits per heavy atom. The van der Waals surface area contributed by atoms with Crippen molar-refractivity contribution < 1.29 is 18.7 Å². The van der Waals surface area contributed by atoms with Gasteiger partial charge in [0.15, 0.2) is 10.9 Å². The molecule has 8 nitrogen and oxygen atoms in total. The van der Waals surface area contributed by atoms with E-state index in [0.717, 1.165) is 5.39 Å². The summed E-state index contributed by atoms with van der Waals surface area (Å²) in [5.74, 6) is -0.118. The molecule has 0 saturated heterocycles. The zero-order chi connectivity index (χ0) is 22.8. The Bertz CT molecular complexity index is 1450. The minimum atomic E-state index is -0.555. The first-order valence-corrected chi connectivity index (χ1v) is 10.9. The number of thiazole rings is 1. The van der Waals surface area contributed by atoms with Crippen molar-refractivity contribution in [2.75, 3.05) is 5.32 Å². The topological polar surface area (TPSA) is 123 Å². The van der Waals surface area contributed by atoms with Crippen LogP contribution in [0, 0.1) is 0 Å². The van der Waals surface area contributed by atoms with Gasteiger partial charge in [-0.1, -0.05) is 36.4 Å². The molecule has 2 amide bonds. The summed E-state index contributed by atoms with van der Waals surface area (Å²) in [5.41, 5.74) is 8.12. The van der Waals surface area contributed by atoms with E-state index >= 15 is 0 Å². The molecule has 4 N–H and O–H groups in total. The highest BCUT2D eigenvalue weighted by Gasteiger charge is 2.22. The second-order valence-corrected chi connectivity index (χ2v) is 8.02. The van der Waals surface area contributed by atoms with Crippen molar-refractivity contribution in [2.24, 2.45) is 5.73 Å². The number of carbonyl (C=O) groups is 2. The summed E-state index contributed by atoms with van der Waals surface area (Å²) in [4.78, 5) is 31.6. The maximum atomic E-state index is 13.1. The standard InChI is InChI=1S/C24H18N4O4S/c25-22(29)18-10-14(11-26-18)19-13-33-24(27-19)28-23(30)21-17(12-31-15-6-2-1-3-7-15)16-8-4-5-9-20(16)32-21/h1-11,13,26H,12H2,(H2,25,29)(H,27,28,30). The maximum absolute atomic E-state index is 13.1. The van der Waals surface area contributed by atoms with Crippen LogP contribution in [0.4, 0.5) is 5.13 Å². The number of benzene rings is 2. The maximum Gasteiger partial charge on any atom is 0.293 e. The van der Waals surface area contributed by atoms with Gasteiger partial charge in [0.1, 0.15) is 23.6 Å². The van der Waals surface area contributed by atoms with E-state index in [4.69, 9.17) is 14.9 Å². The van der Waals surface area contributed by atoms with Crippen LogP contribution in [0.5, 0.6) is 5.75 Å². The van der Waals surface area contributed by atoms with Crippen LogP contribution in [-0.4, -0.2) is 21.8 Å². The largest absolute Gasteiger partial charge is 0.489 e. The van der Waals surface area contributed by atoms with E-state index in [1.165, 1.54) is 11.3 Å². The smallest absolute Gasteiger partial charge is 0.293 e. The van der Waals surface area contributed by atoms with Crippen LogP contribution >= 0.6 is 11.3 Å². The number of nitrogens with zero attached hydrogens (tertiary/aromatic N) is 1. The van der Waals surface area contributed by atoms with Crippen LogP contribution in [0.3, 0.4) is 0 Å². The molecule has 0 aliphatic heterocycles. The molecule has 2 aromatic carbocycles. The molecule has 0 aliphatic rings. The van der Waals surface area contributed by atoms with E-state index in [1.54, 1.807) is 17.6 Å². The number of H-pyrrole nitrogens is 1. The highest BCUT2D eigenvalue weighted by Crippen LogP contribution is 2.30. The van der Waals surface area contributed by atoms with E-state index in [-0.39, 0.29) is 18.1 Å². The third-order valence-corrected chi connectivity index (χ3v) is 5.76. The van der Waals surface area contributed by atoms with Gasteiger partial charge in [-0.15, -0.1) is 11.3 Å². The second-order valence-electron chi connectivity index (χ2n) is 7.17. The molecule has 0 unspecified atom stereocenters. The first-order valence-electron chi connectivity index (χ1n) is 10.0. The van der Waals surface area contributed by atoms with Crippen LogP contribution in [0.1, 0.15) is 26.6 Å². The molecule has 164 valence electrons. The van der Waals surface area contributed by atoms with Crippen molar-refractivity contribution in [1.82, 2.24) is 9.97 Å². The van der Waals surface area contributed by atoms with Crippen molar-refractivity contribution in [1.29, 1.82) is 0 Å². The Hall–Kier alpha value is -4.37. The number of hydrogen-bond donors (Lipinski definition) is 3. The van der Waals surface area contributed by atoms with Gasteiger partial charge in [0, 0.05) is 28.1 Å². The number of primary amides is 1. The molecular formula is C24H18N4O4S. The molecular weight excluding hydrogens is 440 g/mol. The van der Waals surface area contributed by atoms with Gasteiger partial charge in [0.25, 0.3) is 11.8 Å². The van der Waals surface area contributed by atoms with Crippen LogP contribution in [0.2, 0.25) is 0 Å². The average Bonchev–Trinajstić information content (AvgIpc) is 3.56. The first kappa shape index (κ1) is 20.5. The molecule has 0 fully saturated rings. The number of amides is 2. The summed E-state index contributed by atoms with van der Waals surface area (Å²) in [6.07, 6.45) is 1.64. The molecule has 0 radical (unpaired) electrons. The Morgan fingerprint density at radius 3 is 2.70 bits per heavy atom. The van der Waals surface area contributed by atoms with Crippen molar-refractivity contribution in [3.8, 4) is 17.0 Å². The number of aromatic amines is 1. The van der Waals surface area contributed by atoms with E-state index in [2.05, 4.69) is 15.3 Å². The van der Waals surface area contributed by atoms with Gasteiger partial charge in [-0.05, 0) is 24.3 Å². The number of furan rings is 1. The molecule has 3 heterocycles. The Morgan fingerprint density at radius 2 is 1.91 bits per heavy atom. The molecule has 5 rings (SSSR count). The fraction of sp³-hybridized carbons (Fsp3) is 0.0417. The minimum Gasteiger partial charge on any atom is -0.489 e. The lowest BCUT2D eigenvalue weighted by atomic mass is 10.1. The molecule has 0 atom stereocenters. The summed E-state index contributed by atoms with van der Waals surface area (Å²) in [6.45, 7) is 0.173. The number of hydrogen-bond acceptors (Lipinski definition) is 6. The first-order chi connectivity index (χ1) is 16.1. The van der Waals surface area contributed by atoms with E-state index < -0.39 is 11.8 Å². The quantitative estimate of drug-likeness (QED) is 0.323. The van der Waals surface area contributed by atoms with Gasteiger partial charge in [0.2, 0.25) is 0 Å². The zero-order valence-electron chi connectivity index (χ0n) is 17.2. The van der Waals surface area contributed by atoms with Gasteiger partial charge in [-0.2, -0.15) is 0 Å². The van der Waals surface area contributed by atoms with Gasteiger partial charge >= 0.3 is 0 Å². The third-order valence-electron chi connectivity index (χ3n) is 5.00. The molecule has 5 aromatic rings. The predicted octanol–water partition coefficient (Wildman–Crippen LogP) is 4.81. The Labute approximate surface area is 192 Å². The van der Waals surface area contributed by atoms with Crippen LogP contribution in [0.15, 0.2) is 76.7 Å². The second kappa shape index (κ2) is 8.64. The number of nitrogens with two attached hydrogens (primary N) is 1. The van der Waals surface area contributed by atoms with Crippen molar-refractivity contribution >= 4 is 39.3 Å². The monoisotopic (exact) mass is 458 g/mol. The lowest BCUT2D eigenvalue weighted by Gasteiger charge is -2.07. The number of nitrogens with one attached hydrogen (secondary N) is 2. The lowest BCUT2D eigenvalue weighted by molar-refractivity contribution is 0.0988. The Kier molecular flexibility index (Phi) is 5.37. The fourth-order valence-electron chi connectivity index (χ4n) is 3.40. The Balaban J connectivity index is 1.39. The number of rotatable bonds is 7. The van der Waals surface area contributed by atoms with Gasteiger partial charge in [-0.3, -0.25) is 14.9 Å². The highest BCUT2D eigenvalue weighted by molar-refractivity contribution is 7.14. The number of ether oxygens (including phenoxy) is 1. The summed E-state index contributed by atoms with van der Waals surface area (Å²) in [6, 6.07) is 18.4. The average molecular weight is 458 g/mol. The van der Waals surface area contributed by atoms with Crippen LogP contribution in [-0.2, 0) is 6.61 Å². The minimum absolute atomic E-state index is 0.168. The molecule has 0 spiro atoms. The van der Waals surface area contributed by atoms with Crippen molar-refractivity contribution in [2.45, 2.75) is 6.61 Å². The highest BCUT2D eigenvalue weighted by atomic mass is 32.1.